The Hall–Kier alpha value is -1.12. The molecule has 1 aliphatic carbocycles. The molecule has 1 rings (SSSR count). The van der Waals surface area contributed by atoms with Gasteiger partial charge < -0.3 is 10.0 Å². The number of aliphatic hydroxyl groups is 1. The molecule has 1 saturated carbocycles. The highest BCUT2D eigenvalue weighted by molar-refractivity contribution is 5.78. The quantitative estimate of drug-likeness (QED) is 0.762. The molecule has 5 nitrogen and oxygen atoms in total. The van der Waals surface area contributed by atoms with Crippen LogP contribution in [-0.2, 0) is 4.79 Å². The molecular formula is C15H27N3O2. The third-order valence-corrected chi connectivity index (χ3v) is 4.05. The predicted octanol–water partition coefficient (Wildman–Crippen LogP) is 1.23. The van der Waals surface area contributed by atoms with Crippen LogP contribution >= 0.6 is 0 Å². The lowest BCUT2D eigenvalue weighted by molar-refractivity contribution is -0.132. The van der Waals surface area contributed by atoms with Crippen molar-refractivity contribution in [3.63, 3.8) is 0 Å². The van der Waals surface area contributed by atoms with Crippen LogP contribution in [0.2, 0.25) is 0 Å². The summed E-state index contributed by atoms with van der Waals surface area (Å²) in [4.78, 5) is 15.8. The van der Waals surface area contributed by atoms with E-state index < -0.39 is 0 Å². The summed E-state index contributed by atoms with van der Waals surface area (Å²) in [5, 5.41) is 18.6. The van der Waals surface area contributed by atoms with Crippen molar-refractivity contribution in [2.24, 2.45) is 5.92 Å². The molecule has 0 aromatic heterocycles. The van der Waals surface area contributed by atoms with Gasteiger partial charge in [-0.05, 0) is 32.7 Å². The van der Waals surface area contributed by atoms with Crippen molar-refractivity contribution < 1.29 is 9.90 Å². The standard InChI is InChI=1S/C15H27N3O2/c1-3-18(10-6-9-16)15(20)12-17(2)11-13-7-4-5-8-14(13)19/h13-14,19H,3-8,10-12H2,1-2H3. The Morgan fingerprint density at radius 2 is 2.10 bits per heavy atom. The van der Waals surface area contributed by atoms with E-state index in [9.17, 15) is 9.90 Å². The summed E-state index contributed by atoms with van der Waals surface area (Å²) in [5.74, 6) is 0.353. The van der Waals surface area contributed by atoms with Gasteiger partial charge in [-0.25, -0.2) is 0 Å². The molecule has 0 saturated heterocycles. The third-order valence-electron chi connectivity index (χ3n) is 4.05. The van der Waals surface area contributed by atoms with Gasteiger partial charge in [0.15, 0.2) is 0 Å². The van der Waals surface area contributed by atoms with Crippen molar-refractivity contribution in [3.8, 4) is 6.07 Å². The number of hydrogen-bond donors (Lipinski definition) is 1. The van der Waals surface area contributed by atoms with E-state index in [1.54, 1.807) is 4.90 Å². The number of likely N-dealkylation sites (N-methyl/N-ethyl adjacent to an activating group) is 2. The van der Waals surface area contributed by atoms with Crippen molar-refractivity contribution in [1.29, 1.82) is 5.26 Å². The number of carbonyl (C=O) groups excluding carboxylic acids is 1. The Kier molecular flexibility index (Phi) is 7.56. The van der Waals surface area contributed by atoms with Gasteiger partial charge >= 0.3 is 0 Å². The molecule has 0 bridgehead atoms. The fraction of sp³-hybridized carbons (Fsp3) is 0.867. The molecule has 0 aliphatic heterocycles. The molecule has 0 radical (unpaired) electrons. The van der Waals surface area contributed by atoms with Crippen LogP contribution in [-0.4, -0.2) is 60.1 Å². The Morgan fingerprint density at radius 3 is 2.70 bits per heavy atom. The molecule has 114 valence electrons. The first kappa shape index (κ1) is 16.9. The van der Waals surface area contributed by atoms with E-state index in [0.29, 0.717) is 26.1 Å². The molecule has 1 fully saturated rings. The molecule has 5 heteroatoms. The SMILES string of the molecule is CCN(CCC#N)C(=O)CN(C)CC1CCCCC1O. The van der Waals surface area contributed by atoms with E-state index in [1.807, 2.05) is 18.9 Å². The van der Waals surface area contributed by atoms with E-state index >= 15 is 0 Å². The normalized spacial score (nSPS) is 22.6. The largest absolute Gasteiger partial charge is 0.393 e. The van der Waals surface area contributed by atoms with Gasteiger partial charge in [0.2, 0.25) is 5.91 Å². The second kappa shape index (κ2) is 8.93. The Bertz CT molecular complexity index is 341. The average molecular weight is 281 g/mol. The van der Waals surface area contributed by atoms with Crippen molar-refractivity contribution >= 4 is 5.91 Å². The van der Waals surface area contributed by atoms with Gasteiger partial charge in [0, 0.05) is 19.6 Å². The van der Waals surface area contributed by atoms with E-state index in [0.717, 1.165) is 25.8 Å². The van der Waals surface area contributed by atoms with Crippen LogP contribution in [0.5, 0.6) is 0 Å². The number of hydrogen-bond acceptors (Lipinski definition) is 4. The smallest absolute Gasteiger partial charge is 0.236 e. The zero-order valence-electron chi connectivity index (χ0n) is 12.7. The Morgan fingerprint density at radius 1 is 1.40 bits per heavy atom. The summed E-state index contributed by atoms with van der Waals surface area (Å²) in [5.41, 5.74) is 0. The summed E-state index contributed by atoms with van der Waals surface area (Å²) >= 11 is 0. The zero-order chi connectivity index (χ0) is 15.0. The van der Waals surface area contributed by atoms with E-state index in [2.05, 4.69) is 6.07 Å². The van der Waals surface area contributed by atoms with Gasteiger partial charge in [-0.15, -0.1) is 0 Å². The lowest BCUT2D eigenvalue weighted by atomic mass is 9.86. The Labute approximate surface area is 122 Å². The summed E-state index contributed by atoms with van der Waals surface area (Å²) in [6.45, 7) is 4.21. The van der Waals surface area contributed by atoms with Crippen LogP contribution in [0, 0.1) is 17.2 Å². The van der Waals surface area contributed by atoms with Crippen molar-refractivity contribution in [2.75, 3.05) is 33.2 Å². The van der Waals surface area contributed by atoms with Gasteiger partial charge in [0.1, 0.15) is 0 Å². The molecule has 0 aromatic carbocycles. The molecule has 1 amide bonds. The van der Waals surface area contributed by atoms with Crippen LogP contribution in [0.4, 0.5) is 0 Å². The summed E-state index contributed by atoms with van der Waals surface area (Å²) in [6.07, 6.45) is 4.37. The lowest BCUT2D eigenvalue weighted by Gasteiger charge is -2.31. The molecule has 1 aliphatic rings. The number of rotatable bonds is 7. The van der Waals surface area contributed by atoms with Crippen LogP contribution in [0.15, 0.2) is 0 Å². The minimum absolute atomic E-state index is 0.0653. The molecule has 2 atom stereocenters. The maximum atomic E-state index is 12.1. The molecule has 1 N–H and O–H groups in total. The highest BCUT2D eigenvalue weighted by Gasteiger charge is 2.25. The van der Waals surface area contributed by atoms with Crippen LogP contribution in [0.3, 0.4) is 0 Å². The van der Waals surface area contributed by atoms with Gasteiger partial charge in [0.05, 0.1) is 25.1 Å². The molecule has 0 aromatic rings. The van der Waals surface area contributed by atoms with Gasteiger partial charge in [-0.1, -0.05) is 12.8 Å². The first-order valence-electron chi connectivity index (χ1n) is 7.59. The summed E-state index contributed by atoms with van der Waals surface area (Å²) in [6, 6.07) is 2.07. The van der Waals surface area contributed by atoms with Crippen LogP contribution in [0.25, 0.3) is 0 Å². The van der Waals surface area contributed by atoms with Gasteiger partial charge in [-0.2, -0.15) is 5.26 Å². The van der Waals surface area contributed by atoms with Crippen LogP contribution < -0.4 is 0 Å². The van der Waals surface area contributed by atoms with Gasteiger partial charge in [-0.3, -0.25) is 9.69 Å². The second-order valence-electron chi connectivity index (χ2n) is 5.69. The summed E-state index contributed by atoms with van der Waals surface area (Å²) in [7, 11) is 1.93. The predicted molar refractivity (Wildman–Crippen MR) is 77.9 cm³/mol. The first-order valence-corrected chi connectivity index (χ1v) is 7.59. The molecular weight excluding hydrogens is 254 g/mol. The molecule has 0 spiro atoms. The topological polar surface area (TPSA) is 67.6 Å². The number of aliphatic hydroxyl groups excluding tert-OH is 1. The van der Waals surface area contributed by atoms with Gasteiger partial charge in [0.25, 0.3) is 0 Å². The molecule has 20 heavy (non-hydrogen) atoms. The van der Waals surface area contributed by atoms with E-state index in [-0.39, 0.29) is 17.9 Å². The second-order valence-corrected chi connectivity index (χ2v) is 5.69. The highest BCUT2D eigenvalue weighted by atomic mass is 16.3. The van der Waals surface area contributed by atoms with Crippen molar-refractivity contribution in [2.45, 2.75) is 45.1 Å². The summed E-state index contributed by atoms with van der Waals surface area (Å²) < 4.78 is 0. The zero-order valence-corrected chi connectivity index (χ0v) is 12.7. The highest BCUT2D eigenvalue weighted by Crippen LogP contribution is 2.24. The average Bonchev–Trinajstić information content (AvgIpc) is 2.42. The maximum absolute atomic E-state index is 12.1. The number of carbonyl (C=O) groups is 1. The minimum Gasteiger partial charge on any atom is -0.393 e. The van der Waals surface area contributed by atoms with Crippen molar-refractivity contribution in [3.05, 3.63) is 0 Å². The fourth-order valence-electron chi connectivity index (χ4n) is 2.84. The Balaban J connectivity index is 2.38. The number of amides is 1. The van der Waals surface area contributed by atoms with E-state index in [4.69, 9.17) is 5.26 Å². The third kappa shape index (κ3) is 5.48. The minimum atomic E-state index is -0.220. The molecule has 2 unspecified atom stereocenters. The number of nitrogens with zero attached hydrogens (tertiary/aromatic N) is 3. The van der Waals surface area contributed by atoms with Crippen LogP contribution in [0.1, 0.15) is 39.0 Å². The molecule has 0 heterocycles. The number of nitriles is 1. The van der Waals surface area contributed by atoms with Crippen molar-refractivity contribution in [1.82, 2.24) is 9.80 Å². The lowest BCUT2D eigenvalue weighted by Crippen LogP contribution is -2.42. The van der Waals surface area contributed by atoms with E-state index in [1.165, 1.54) is 6.42 Å². The maximum Gasteiger partial charge on any atom is 0.236 e. The first-order chi connectivity index (χ1) is 9.58. The fourth-order valence-corrected chi connectivity index (χ4v) is 2.84. The monoisotopic (exact) mass is 281 g/mol.